The molecule has 2 aromatic carbocycles. The summed E-state index contributed by atoms with van der Waals surface area (Å²) in [5.74, 6) is 0.919. The zero-order valence-corrected chi connectivity index (χ0v) is 11.7. The van der Waals surface area contributed by atoms with Crippen LogP contribution in [0.15, 0.2) is 54.6 Å². The van der Waals surface area contributed by atoms with E-state index in [0.717, 1.165) is 13.0 Å². The van der Waals surface area contributed by atoms with Crippen molar-refractivity contribution in [1.29, 1.82) is 0 Å². The molecule has 3 rings (SSSR count). The number of amides is 1. The van der Waals surface area contributed by atoms with E-state index in [1.54, 1.807) is 29.2 Å². The first-order valence-corrected chi connectivity index (χ1v) is 7.09. The number of carbonyl (C=O) groups excluding carboxylic acids is 1. The highest BCUT2D eigenvalue weighted by Gasteiger charge is 2.28. The maximum Gasteiger partial charge on any atom is 0.415 e. The molecule has 4 heteroatoms. The molecule has 0 N–H and O–H groups in total. The van der Waals surface area contributed by atoms with Crippen molar-refractivity contribution < 1.29 is 9.53 Å². The molecule has 1 amide bonds. The lowest BCUT2D eigenvalue weighted by Crippen LogP contribution is -2.31. The molecular formula is C17H16BNO2. The molecule has 0 saturated carbocycles. The summed E-state index contributed by atoms with van der Waals surface area (Å²) >= 11 is 0. The van der Waals surface area contributed by atoms with E-state index in [-0.39, 0.29) is 6.09 Å². The van der Waals surface area contributed by atoms with Crippen LogP contribution in [0.3, 0.4) is 0 Å². The second-order valence-corrected chi connectivity index (χ2v) is 5.28. The molecule has 1 saturated heterocycles. The molecule has 1 heterocycles. The Hall–Kier alpha value is -2.23. The Morgan fingerprint density at radius 3 is 2.52 bits per heavy atom. The van der Waals surface area contributed by atoms with Gasteiger partial charge in [-0.3, -0.25) is 0 Å². The molecule has 21 heavy (non-hydrogen) atoms. The Morgan fingerprint density at radius 2 is 1.81 bits per heavy atom. The van der Waals surface area contributed by atoms with E-state index in [1.165, 1.54) is 5.56 Å². The Balaban J connectivity index is 1.61. The number of carbonyl (C=O) groups is 1. The van der Waals surface area contributed by atoms with Gasteiger partial charge in [0.15, 0.2) is 0 Å². The van der Waals surface area contributed by atoms with Gasteiger partial charge in [0.05, 0.1) is 0 Å². The van der Waals surface area contributed by atoms with Gasteiger partial charge in [-0.15, -0.1) is 0 Å². The van der Waals surface area contributed by atoms with E-state index in [2.05, 4.69) is 12.1 Å². The number of likely N-dealkylation sites (tertiary alicyclic amines) is 1. The van der Waals surface area contributed by atoms with Crippen molar-refractivity contribution in [2.24, 2.45) is 0 Å². The second kappa shape index (κ2) is 6.04. The molecule has 1 atom stereocenters. The van der Waals surface area contributed by atoms with Gasteiger partial charge in [0.25, 0.3) is 0 Å². The highest BCUT2D eigenvalue weighted by atomic mass is 16.6. The first-order valence-electron chi connectivity index (χ1n) is 7.09. The van der Waals surface area contributed by atoms with Crippen molar-refractivity contribution >= 4 is 19.4 Å². The molecule has 1 aliphatic heterocycles. The lowest BCUT2D eigenvalue weighted by atomic mass is 9.97. The van der Waals surface area contributed by atoms with Gasteiger partial charge in [-0.1, -0.05) is 47.9 Å². The molecule has 0 aliphatic carbocycles. The van der Waals surface area contributed by atoms with E-state index >= 15 is 0 Å². The molecule has 3 nitrogen and oxygen atoms in total. The maximum atomic E-state index is 12.1. The molecule has 1 aliphatic rings. The van der Waals surface area contributed by atoms with Crippen LogP contribution in [-0.4, -0.2) is 31.9 Å². The minimum atomic E-state index is -0.293. The van der Waals surface area contributed by atoms with Gasteiger partial charge in [0.1, 0.15) is 13.6 Å². The van der Waals surface area contributed by atoms with Gasteiger partial charge >= 0.3 is 6.09 Å². The Kier molecular flexibility index (Phi) is 3.95. The first kappa shape index (κ1) is 13.7. The topological polar surface area (TPSA) is 29.5 Å². The molecule has 0 bridgehead atoms. The summed E-state index contributed by atoms with van der Waals surface area (Å²) in [4.78, 5) is 13.9. The fourth-order valence-electron chi connectivity index (χ4n) is 2.62. The number of nitrogens with zero attached hydrogens (tertiary/aromatic N) is 1. The SMILES string of the molecule is [B]c1ccc(OC(=O)N2CCC(c3ccccc3)C2)cc1. The third-order valence-electron chi connectivity index (χ3n) is 3.80. The lowest BCUT2D eigenvalue weighted by Gasteiger charge is -2.16. The lowest BCUT2D eigenvalue weighted by molar-refractivity contribution is 0.162. The van der Waals surface area contributed by atoms with E-state index < -0.39 is 0 Å². The number of rotatable bonds is 2. The molecule has 0 aromatic heterocycles. The van der Waals surface area contributed by atoms with Crippen LogP contribution in [0.5, 0.6) is 5.75 Å². The average Bonchev–Trinajstić information content (AvgIpc) is 3.00. The van der Waals surface area contributed by atoms with Crippen LogP contribution < -0.4 is 10.2 Å². The normalized spacial score (nSPS) is 17.7. The second-order valence-electron chi connectivity index (χ2n) is 5.28. The number of hydrogen-bond donors (Lipinski definition) is 0. The fraction of sp³-hybridized carbons (Fsp3) is 0.235. The van der Waals surface area contributed by atoms with Crippen LogP contribution in [0.1, 0.15) is 17.9 Å². The number of hydrogen-bond acceptors (Lipinski definition) is 2. The third-order valence-corrected chi connectivity index (χ3v) is 3.80. The van der Waals surface area contributed by atoms with Crippen LogP contribution in [0.25, 0.3) is 0 Å². The van der Waals surface area contributed by atoms with Crippen molar-refractivity contribution in [2.45, 2.75) is 12.3 Å². The molecular weight excluding hydrogens is 261 g/mol. The van der Waals surface area contributed by atoms with Gasteiger partial charge in [-0.2, -0.15) is 0 Å². The van der Waals surface area contributed by atoms with Gasteiger partial charge in [-0.25, -0.2) is 4.79 Å². The highest BCUT2D eigenvalue weighted by Crippen LogP contribution is 2.27. The fourth-order valence-corrected chi connectivity index (χ4v) is 2.62. The van der Waals surface area contributed by atoms with Gasteiger partial charge in [0.2, 0.25) is 0 Å². The minimum absolute atomic E-state index is 0.293. The van der Waals surface area contributed by atoms with Crippen LogP contribution in [0, 0.1) is 0 Å². The molecule has 1 unspecified atom stereocenters. The average molecular weight is 277 g/mol. The van der Waals surface area contributed by atoms with Crippen LogP contribution >= 0.6 is 0 Å². The van der Waals surface area contributed by atoms with E-state index in [9.17, 15) is 4.79 Å². The molecule has 104 valence electrons. The van der Waals surface area contributed by atoms with Crippen molar-refractivity contribution in [2.75, 3.05) is 13.1 Å². The first-order chi connectivity index (χ1) is 10.2. The van der Waals surface area contributed by atoms with Crippen LogP contribution in [0.4, 0.5) is 4.79 Å². The summed E-state index contributed by atoms with van der Waals surface area (Å²) in [6.07, 6.45) is 0.680. The van der Waals surface area contributed by atoms with E-state index in [1.807, 2.05) is 18.2 Å². The van der Waals surface area contributed by atoms with Crippen LogP contribution in [-0.2, 0) is 0 Å². The molecule has 1 fully saturated rings. The Morgan fingerprint density at radius 1 is 1.10 bits per heavy atom. The zero-order valence-electron chi connectivity index (χ0n) is 11.7. The molecule has 0 spiro atoms. The monoisotopic (exact) mass is 277 g/mol. The van der Waals surface area contributed by atoms with E-state index in [4.69, 9.17) is 12.6 Å². The van der Waals surface area contributed by atoms with Crippen molar-refractivity contribution in [3.8, 4) is 5.75 Å². The van der Waals surface area contributed by atoms with Gasteiger partial charge in [0, 0.05) is 19.0 Å². The molecule has 2 radical (unpaired) electrons. The quantitative estimate of drug-likeness (QED) is 0.789. The summed E-state index contributed by atoms with van der Waals surface area (Å²) in [6, 6.07) is 17.1. The van der Waals surface area contributed by atoms with E-state index in [0.29, 0.717) is 23.7 Å². The maximum absolute atomic E-state index is 12.1. The summed E-state index contributed by atoms with van der Waals surface area (Å²) in [7, 11) is 5.61. The van der Waals surface area contributed by atoms with Crippen molar-refractivity contribution in [3.05, 3.63) is 60.2 Å². The smallest absolute Gasteiger partial charge is 0.410 e. The summed E-state index contributed by atoms with van der Waals surface area (Å²) in [5, 5.41) is 0. The zero-order chi connectivity index (χ0) is 14.7. The summed E-state index contributed by atoms with van der Waals surface area (Å²) < 4.78 is 5.37. The highest BCUT2D eigenvalue weighted by molar-refractivity contribution is 6.32. The predicted octanol–water partition coefficient (Wildman–Crippen LogP) is 2.47. The Bertz CT molecular complexity index is 612. The predicted molar refractivity (Wildman–Crippen MR) is 83.2 cm³/mol. The van der Waals surface area contributed by atoms with Gasteiger partial charge in [-0.05, 0) is 24.1 Å². The van der Waals surface area contributed by atoms with Crippen molar-refractivity contribution in [1.82, 2.24) is 4.90 Å². The number of benzene rings is 2. The molecule has 2 aromatic rings. The summed E-state index contributed by atoms with van der Waals surface area (Å²) in [5.41, 5.74) is 1.93. The standard InChI is InChI=1S/C17H16BNO2/c18-15-6-8-16(9-7-15)21-17(20)19-11-10-14(12-19)13-4-2-1-3-5-13/h1-9,14H,10-12H2. The summed E-state index contributed by atoms with van der Waals surface area (Å²) in [6.45, 7) is 1.44. The third kappa shape index (κ3) is 3.27. The number of ether oxygens (including phenoxy) is 1. The van der Waals surface area contributed by atoms with Crippen LogP contribution in [0.2, 0.25) is 0 Å². The largest absolute Gasteiger partial charge is 0.415 e. The Labute approximate surface area is 125 Å². The van der Waals surface area contributed by atoms with Crippen molar-refractivity contribution in [3.63, 3.8) is 0 Å². The minimum Gasteiger partial charge on any atom is -0.410 e. The van der Waals surface area contributed by atoms with Gasteiger partial charge < -0.3 is 9.64 Å².